The quantitative estimate of drug-likeness (QED) is 0.413. The summed E-state index contributed by atoms with van der Waals surface area (Å²) in [4.78, 5) is 10.9. The Morgan fingerprint density at radius 2 is 1.94 bits per heavy atom. The molecular formula is C13H17Br2NO2. The number of alkyl halides is 1. The van der Waals surface area contributed by atoms with Crippen LogP contribution in [0.15, 0.2) is 22.7 Å². The lowest BCUT2D eigenvalue weighted by Gasteiger charge is -2.24. The van der Waals surface area contributed by atoms with Crippen LogP contribution in [0.2, 0.25) is 0 Å². The minimum absolute atomic E-state index is 0.136. The van der Waals surface area contributed by atoms with Gasteiger partial charge in [0.25, 0.3) is 5.69 Å². The minimum Gasteiger partial charge on any atom is -0.258 e. The molecule has 1 aromatic carbocycles. The summed E-state index contributed by atoms with van der Waals surface area (Å²) in [5, 5.41) is 10.9. The van der Waals surface area contributed by atoms with Gasteiger partial charge in [0.2, 0.25) is 0 Å². The van der Waals surface area contributed by atoms with Gasteiger partial charge in [-0.25, -0.2) is 0 Å². The molecule has 0 aliphatic rings. The standard InChI is InChI=1S/C13H17Br2NO2/c1-8(2)11(9(3)14)7-10-5-4-6-12(13(10)15)16(17)18/h4-6,8-9,11H,7H2,1-3H3. The summed E-state index contributed by atoms with van der Waals surface area (Å²) in [6.07, 6.45) is 0.826. The SMILES string of the molecule is CC(C)C(Cc1cccc([N+](=O)[O-])c1Br)C(C)Br. The third-order valence-corrected chi connectivity index (χ3v) is 4.75. The van der Waals surface area contributed by atoms with Crippen LogP contribution < -0.4 is 0 Å². The van der Waals surface area contributed by atoms with E-state index in [-0.39, 0.29) is 10.6 Å². The average molecular weight is 379 g/mol. The molecule has 0 aromatic heterocycles. The maximum atomic E-state index is 10.9. The van der Waals surface area contributed by atoms with Crippen molar-refractivity contribution in [2.45, 2.75) is 32.0 Å². The van der Waals surface area contributed by atoms with Crippen LogP contribution in [-0.4, -0.2) is 9.75 Å². The molecule has 1 rings (SSSR count). The monoisotopic (exact) mass is 377 g/mol. The molecule has 0 spiro atoms. The molecule has 1 aromatic rings. The highest BCUT2D eigenvalue weighted by atomic mass is 79.9. The van der Waals surface area contributed by atoms with Crippen molar-refractivity contribution in [2.24, 2.45) is 11.8 Å². The molecular weight excluding hydrogens is 362 g/mol. The van der Waals surface area contributed by atoms with E-state index in [2.05, 4.69) is 52.6 Å². The van der Waals surface area contributed by atoms with Gasteiger partial charge in [-0.2, -0.15) is 0 Å². The number of nitrogens with zero attached hydrogens (tertiary/aromatic N) is 1. The Kier molecular flexibility index (Phi) is 5.79. The molecule has 0 radical (unpaired) electrons. The fraction of sp³-hybridized carbons (Fsp3) is 0.538. The number of nitro benzene ring substituents is 1. The van der Waals surface area contributed by atoms with E-state index in [4.69, 9.17) is 0 Å². The second-order valence-electron chi connectivity index (χ2n) is 4.80. The van der Waals surface area contributed by atoms with Crippen molar-refractivity contribution in [3.05, 3.63) is 38.3 Å². The van der Waals surface area contributed by atoms with E-state index in [1.54, 1.807) is 6.07 Å². The zero-order valence-corrected chi connectivity index (χ0v) is 13.9. The first-order valence-electron chi connectivity index (χ1n) is 5.90. The van der Waals surface area contributed by atoms with Crippen molar-refractivity contribution in [3.63, 3.8) is 0 Å². The van der Waals surface area contributed by atoms with Crippen LogP contribution >= 0.6 is 31.9 Å². The molecule has 2 unspecified atom stereocenters. The molecule has 0 amide bonds. The first-order chi connectivity index (χ1) is 8.34. The van der Waals surface area contributed by atoms with Crippen LogP contribution in [0, 0.1) is 22.0 Å². The fourth-order valence-corrected chi connectivity index (χ4v) is 3.42. The van der Waals surface area contributed by atoms with Gasteiger partial charge in [-0.3, -0.25) is 10.1 Å². The second kappa shape index (κ2) is 6.66. The smallest absolute Gasteiger partial charge is 0.258 e. The number of rotatable bonds is 5. The van der Waals surface area contributed by atoms with Crippen molar-refractivity contribution in [1.82, 2.24) is 0 Å². The molecule has 18 heavy (non-hydrogen) atoms. The van der Waals surface area contributed by atoms with Gasteiger partial charge < -0.3 is 0 Å². The van der Waals surface area contributed by atoms with Gasteiger partial charge in [-0.15, -0.1) is 0 Å². The van der Waals surface area contributed by atoms with Crippen LogP contribution in [0.25, 0.3) is 0 Å². The van der Waals surface area contributed by atoms with E-state index in [9.17, 15) is 10.1 Å². The van der Waals surface area contributed by atoms with E-state index < -0.39 is 0 Å². The average Bonchev–Trinajstić information content (AvgIpc) is 2.26. The Morgan fingerprint density at radius 3 is 2.39 bits per heavy atom. The zero-order chi connectivity index (χ0) is 13.9. The summed E-state index contributed by atoms with van der Waals surface area (Å²) in [6.45, 7) is 6.47. The molecule has 5 heteroatoms. The Morgan fingerprint density at radius 1 is 1.33 bits per heavy atom. The largest absolute Gasteiger partial charge is 0.283 e. The molecule has 0 heterocycles. The maximum Gasteiger partial charge on any atom is 0.283 e. The van der Waals surface area contributed by atoms with Crippen molar-refractivity contribution >= 4 is 37.5 Å². The Labute approximate surface area is 124 Å². The fourth-order valence-electron chi connectivity index (χ4n) is 2.05. The van der Waals surface area contributed by atoms with Gasteiger partial charge in [0.1, 0.15) is 0 Å². The summed E-state index contributed by atoms with van der Waals surface area (Å²) in [6, 6.07) is 5.21. The van der Waals surface area contributed by atoms with Crippen molar-refractivity contribution in [3.8, 4) is 0 Å². The second-order valence-corrected chi connectivity index (χ2v) is 7.03. The first-order valence-corrected chi connectivity index (χ1v) is 7.61. The summed E-state index contributed by atoms with van der Waals surface area (Å²) >= 11 is 6.97. The summed E-state index contributed by atoms with van der Waals surface area (Å²) < 4.78 is 0.605. The van der Waals surface area contributed by atoms with Gasteiger partial charge in [-0.05, 0) is 39.8 Å². The molecule has 3 nitrogen and oxygen atoms in total. The normalized spacial score (nSPS) is 14.6. The minimum atomic E-state index is -0.352. The molecule has 100 valence electrons. The molecule has 0 saturated carbocycles. The molecule has 0 fully saturated rings. The van der Waals surface area contributed by atoms with E-state index in [1.165, 1.54) is 6.07 Å². The lowest BCUT2D eigenvalue weighted by atomic mass is 9.87. The van der Waals surface area contributed by atoms with Crippen LogP contribution in [0.1, 0.15) is 26.3 Å². The Bertz CT molecular complexity index is 425. The topological polar surface area (TPSA) is 43.1 Å². The number of hydrogen-bond donors (Lipinski definition) is 0. The molecule has 0 bridgehead atoms. The number of halogens is 2. The predicted octanol–water partition coefficient (Wildman–Crippen LogP) is 4.96. The number of benzene rings is 1. The van der Waals surface area contributed by atoms with Gasteiger partial charge in [0, 0.05) is 10.9 Å². The van der Waals surface area contributed by atoms with Crippen LogP contribution in [0.3, 0.4) is 0 Å². The predicted molar refractivity (Wildman–Crippen MR) is 81.2 cm³/mol. The van der Waals surface area contributed by atoms with Gasteiger partial charge in [-0.1, -0.05) is 48.8 Å². The summed E-state index contributed by atoms with van der Waals surface area (Å²) in [5.74, 6) is 0.967. The van der Waals surface area contributed by atoms with E-state index >= 15 is 0 Å². The van der Waals surface area contributed by atoms with Crippen molar-refractivity contribution < 1.29 is 4.92 Å². The van der Waals surface area contributed by atoms with Crippen LogP contribution in [0.4, 0.5) is 5.69 Å². The Balaban J connectivity index is 3.04. The van der Waals surface area contributed by atoms with Gasteiger partial charge >= 0.3 is 0 Å². The highest BCUT2D eigenvalue weighted by Crippen LogP contribution is 2.33. The lowest BCUT2D eigenvalue weighted by Crippen LogP contribution is -2.20. The third kappa shape index (κ3) is 3.79. The summed E-state index contributed by atoms with van der Waals surface area (Å²) in [7, 11) is 0. The van der Waals surface area contributed by atoms with Gasteiger partial charge in [0.15, 0.2) is 0 Å². The molecule has 0 aliphatic carbocycles. The number of nitro groups is 1. The Hall–Kier alpha value is -0.420. The molecule has 2 atom stereocenters. The zero-order valence-electron chi connectivity index (χ0n) is 10.7. The molecule has 0 saturated heterocycles. The molecule has 0 aliphatic heterocycles. The highest BCUT2D eigenvalue weighted by molar-refractivity contribution is 9.10. The van der Waals surface area contributed by atoms with E-state index in [1.807, 2.05) is 6.07 Å². The lowest BCUT2D eigenvalue weighted by molar-refractivity contribution is -0.385. The van der Waals surface area contributed by atoms with Crippen molar-refractivity contribution in [2.75, 3.05) is 0 Å². The van der Waals surface area contributed by atoms with Crippen molar-refractivity contribution in [1.29, 1.82) is 0 Å². The van der Waals surface area contributed by atoms with Gasteiger partial charge in [0.05, 0.1) is 9.40 Å². The maximum absolute atomic E-state index is 10.9. The van der Waals surface area contributed by atoms with E-state index in [0.717, 1.165) is 12.0 Å². The van der Waals surface area contributed by atoms with Crippen LogP contribution in [0.5, 0.6) is 0 Å². The summed E-state index contributed by atoms with van der Waals surface area (Å²) in [5.41, 5.74) is 1.13. The van der Waals surface area contributed by atoms with E-state index in [0.29, 0.717) is 21.1 Å². The highest BCUT2D eigenvalue weighted by Gasteiger charge is 2.22. The first kappa shape index (κ1) is 15.6. The third-order valence-electron chi connectivity index (χ3n) is 3.16. The molecule has 0 N–H and O–H groups in total. The number of hydrogen-bond acceptors (Lipinski definition) is 2. The van der Waals surface area contributed by atoms with Crippen LogP contribution in [-0.2, 0) is 6.42 Å².